The van der Waals surface area contributed by atoms with Crippen molar-refractivity contribution < 1.29 is 4.42 Å². The van der Waals surface area contributed by atoms with Gasteiger partial charge in [-0.1, -0.05) is 64.3 Å². The lowest BCUT2D eigenvalue weighted by Crippen LogP contribution is -2.55. The summed E-state index contributed by atoms with van der Waals surface area (Å²) in [6.07, 6.45) is 0. The molecule has 0 saturated heterocycles. The highest BCUT2D eigenvalue weighted by Gasteiger charge is 2.22. The number of furan rings is 1. The van der Waals surface area contributed by atoms with Gasteiger partial charge in [-0.05, 0) is 35.4 Å². The molecule has 0 amide bonds. The van der Waals surface area contributed by atoms with Gasteiger partial charge in [0.2, 0.25) is 0 Å². The molecule has 0 unspecified atom stereocenters. The molecule has 0 bridgehead atoms. The first-order valence-electron chi connectivity index (χ1n) is 16.4. The van der Waals surface area contributed by atoms with E-state index in [-0.39, 0.29) is 0 Å². The molecule has 214 valence electrons. The Hall–Kier alpha value is -4.44. The maximum atomic E-state index is 6.38. The van der Waals surface area contributed by atoms with Crippen LogP contribution in [0.3, 0.4) is 0 Å². The largest absolute Gasteiger partial charge is 0.456 e. The molecule has 4 nitrogen and oxygen atoms in total. The molecule has 2 heterocycles. The molecule has 0 aliphatic carbocycles. The Morgan fingerprint density at radius 1 is 0.404 bits per heavy atom. The molecule has 0 N–H and O–H groups in total. The van der Waals surface area contributed by atoms with Gasteiger partial charge in [0.25, 0.3) is 0 Å². The van der Waals surface area contributed by atoms with E-state index in [2.05, 4.69) is 133 Å². The number of rotatable bonds is 4. The Balaban J connectivity index is 1.54. The van der Waals surface area contributed by atoms with Crippen LogP contribution in [0.15, 0.2) is 71.1 Å². The third kappa shape index (κ3) is 4.96. The molecule has 5 aromatic carbocycles. The average molecular weight is 594 g/mol. The molecule has 0 aliphatic heterocycles. The predicted octanol–water partition coefficient (Wildman–Crippen LogP) is -8.98. The maximum absolute atomic E-state index is 6.38. The van der Waals surface area contributed by atoms with E-state index in [4.69, 9.17) is 19.4 Å². The van der Waals surface area contributed by atoms with Crippen molar-refractivity contribution >= 4 is 155 Å². The summed E-state index contributed by atoms with van der Waals surface area (Å²) in [7, 11) is 22.0. The van der Waals surface area contributed by atoms with Gasteiger partial charge in [0.05, 0.1) is 0 Å². The van der Waals surface area contributed by atoms with Crippen LogP contribution in [-0.2, 0) is 0 Å². The zero-order valence-electron chi connectivity index (χ0n) is 29.1. The molecule has 7 aromatic rings. The number of aromatic nitrogens is 3. The molecule has 0 atom stereocenters. The fraction of sp³-hybridized carbons (Fsp3) is 0. The highest BCUT2D eigenvalue weighted by molar-refractivity contribution is 6.69. The van der Waals surface area contributed by atoms with Gasteiger partial charge < -0.3 is 4.42 Å². The summed E-state index contributed by atoms with van der Waals surface area (Å²) in [6, 6.07) is 23.1. The molecule has 0 radical (unpaired) electrons. The first-order chi connectivity index (χ1) is 22.5. The standard InChI is InChI=1S/C33H31B10N3O/c34-21-19(22(35)26(39)29(42)25(21)38)32-44-31(45-33(46-32)20-23(36)27(40)30(43)28(41)24(20)37)13-9-10-16-15(11-13)18-14(7-4-8-17(18)47-16)12-5-2-1-3-6-12/h1-11H,34-43H2. The SMILES string of the molecule is Bc1c(B)c(B)c(-c2nc(-c3ccc4oc5cccc(-c6ccccc6)c5c4c3)nc(-c3c(B)c(B)c(B)c(B)c3B)n2)c(B)c1B. The van der Waals surface area contributed by atoms with E-state index in [1.165, 1.54) is 54.6 Å². The Morgan fingerprint density at radius 2 is 0.894 bits per heavy atom. The molecule has 0 saturated carbocycles. The summed E-state index contributed by atoms with van der Waals surface area (Å²) in [6.45, 7) is 0. The van der Waals surface area contributed by atoms with E-state index in [0.717, 1.165) is 49.8 Å². The lowest BCUT2D eigenvalue weighted by atomic mass is 9.60. The molecule has 0 fully saturated rings. The molecule has 0 spiro atoms. The van der Waals surface area contributed by atoms with Gasteiger partial charge in [-0.2, -0.15) is 0 Å². The van der Waals surface area contributed by atoms with Crippen molar-refractivity contribution in [3.63, 3.8) is 0 Å². The quantitative estimate of drug-likeness (QED) is 0.191. The third-order valence-corrected chi connectivity index (χ3v) is 10.9. The number of nitrogens with zero attached hydrogens (tertiary/aromatic N) is 3. The van der Waals surface area contributed by atoms with Gasteiger partial charge in [0.15, 0.2) is 17.5 Å². The fourth-order valence-corrected chi connectivity index (χ4v) is 7.22. The average Bonchev–Trinajstić information content (AvgIpc) is 3.47. The maximum Gasteiger partial charge on any atom is 0.164 e. The van der Waals surface area contributed by atoms with Crippen molar-refractivity contribution in [2.75, 3.05) is 0 Å². The van der Waals surface area contributed by atoms with Crippen molar-refractivity contribution in [1.82, 2.24) is 15.0 Å². The van der Waals surface area contributed by atoms with Crippen molar-refractivity contribution in [1.29, 1.82) is 0 Å². The highest BCUT2D eigenvalue weighted by Crippen LogP contribution is 2.38. The zero-order chi connectivity index (χ0) is 33.3. The number of hydrogen-bond acceptors (Lipinski definition) is 4. The van der Waals surface area contributed by atoms with Crippen LogP contribution in [0.2, 0.25) is 0 Å². The second-order valence-electron chi connectivity index (χ2n) is 13.2. The molecular weight excluding hydrogens is 563 g/mol. The smallest absolute Gasteiger partial charge is 0.164 e. The summed E-state index contributed by atoms with van der Waals surface area (Å²) in [5.74, 6) is 2.08. The van der Waals surface area contributed by atoms with Crippen LogP contribution in [0.25, 0.3) is 67.2 Å². The summed E-state index contributed by atoms with van der Waals surface area (Å²) in [5, 5.41) is 2.14. The number of hydrogen-bond donors (Lipinski definition) is 0. The minimum atomic E-state index is 0.655. The molecule has 2 aromatic heterocycles. The Bertz CT molecular complexity index is 2280. The zero-order valence-corrected chi connectivity index (χ0v) is 29.1. The van der Waals surface area contributed by atoms with E-state index >= 15 is 0 Å². The second kappa shape index (κ2) is 11.7. The Kier molecular flexibility index (Phi) is 7.74. The normalized spacial score (nSPS) is 11.4. The molecule has 47 heavy (non-hydrogen) atoms. The molecular formula is C33H31B10N3O. The number of benzene rings is 5. The van der Waals surface area contributed by atoms with E-state index in [0.29, 0.717) is 17.5 Å². The molecule has 0 aliphatic rings. The van der Waals surface area contributed by atoms with Gasteiger partial charge in [-0.15, -0.1) is 32.8 Å². The molecule has 7 rings (SSSR count). The Morgan fingerprint density at radius 3 is 1.43 bits per heavy atom. The fourth-order valence-electron chi connectivity index (χ4n) is 7.22. The predicted molar refractivity (Wildman–Crippen MR) is 231 cm³/mol. The summed E-state index contributed by atoms with van der Waals surface area (Å²) >= 11 is 0. The van der Waals surface area contributed by atoms with Crippen LogP contribution in [-0.4, -0.2) is 93.4 Å². The van der Waals surface area contributed by atoms with Crippen molar-refractivity contribution in [2.45, 2.75) is 0 Å². The van der Waals surface area contributed by atoms with Crippen LogP contribution >= 0.6 is 0 Å². The van der Waals surface area contributed by atoms with E-state index in [1.807, 2.05) is 12.1 Å². The van der Waals surface area contributed by atoms with E-state index in [9.17, 15) is 0 Å². The summed E-state index contributed by atoms with van der Waals surface area (Å²) in [4.78, 5) is 15.8. The lowest BCUT2D eigenvalue weighted by Gasteiger charge is -2.22. The van der Waals surface area contributed by atoms with Crippen LogP contribution in [0.5, 0.6) is 0 Å². The monoisotopic (exact) mass is 595 g/mol. The van der Waals surface area contributed by atoms with Crippen molar-refractivity contribution in [2.24, 2.45) is 0 Å². The van der Waals surface area contributed by atoms with Crippen LogP contribution in [0.1, 0.15) is 0 Å². The van der Waals surface area contributed by atoms with Gasteiger partial charge in [-0.3, -0.25) is 0 Å². The first kappa shape index (κ1) is 31.2. The van der Waals surface area contributed by atoms with Crippen LogP contribution < -0.4 is 54.6 Å². The highest BCUT2D eigenvalue weighted by atomic mass is 16.3. The second-order valence-corrected chi connectivity index (χ2v) is 13.2. The minimum Gasteiger partial charge on any atom is -0.456 e. The van der Waals surface area contributed by atoms with Gasteiger partial charge in [-0.25, -0.2) is 15.0 Å². The first-order valence-corrected chi connectivity index (χ1v) is 16.4. The van der Waals surface area contributed by atoms with Gasteiger partial charge in [0.1, 0.15) is 89.6 Å². The van der Waals surface area contributed by atoms with Crippen LogP contribution in [0, 0.1) is 0 Å². The minimum absolute atomic E-state index is 0.655. The summed E-state index contributed by atoms with van der Waals surface area (Å²) < 4.78 is 6.38. The molecule has 14 heteroatoms. The van der Waals surface area contributed by atoms with E-state index < -0.39 is 0 Å². The van der Waals surface area contributed by atoms with E-state index in [1.54, 1.807) is 0 Å². The Labute approximate surface area is 285 Å². The number of fused-ring (bicyclic) bond motifs is 3. The van der Waals surface area contributed by atoms with Gasteiger partial charge in [0, 0.05) is 27.5 Å². The lowest BCUT2D eigenvalue weighted by molar-refractivity contribution is 0.669. The van der Waals surface area contributed by atoms with Crippen molar-refractivity contribution in [3.8, 4) is 45.3 Å². The third-order valence-electron chi connectivity index (χ3n) is 10.9. The van der Waals surface area contributed by atoms with Crippen molar-refractivity contribution in [3.05, 3.63) is 66.7 Å². The topological polar surface area (TPSA) is 51.8 Å². The van der Waals surface area contributed by atoms with Crippen LogP contribution in [0.4, 0.5) is 0 Å². The summed E-state index contributed by atoms with van der Waals surface area (Å²) in [5.41, 5.74) is 19.7. The van der Waals surface area contributed by atoms with Gasteiger partial charge >= 0.3 is 0 Å².